The van der Waals surface area contributed by atoms with Gasteiger partial charge < -0.3 is 52.1 Å². The number of hydrogen-bond donors (Lipinski definition) is 0. The number of benzene rings is 6. The minimum atomic E-state index is -1.77. The first-order chi connectivity index (χ1) is 34.6. The summed E-state index contributed by atoms with van der Waals surface area (Å²) in [6.07, 6.45) is -4.29. The smallest absolute Gasteiger partial charge is 0.330 e. The maximum atomic E-state index is 13.4. The molecule has 0 aromatic heterocycles. The van der Waals surface area contributed by atoms with Crippen LogP contribution in [-0.4, -0.2) is 87.2 Å². The predicted molar refractivity (Wildman–Crippen MR) is 259 cm³/mol. The monoisotopic (exact) mass is 948 g/mol. The Morgan fingerprint density at radius 2 is 0.871 bits per heavy atom. The Labute approximate surface area is 409 Å². The maximum absolute atomic E-state index is 13.4. The summed E-state index contributed by atoms with van der Waals surface area (Å²) < 4.78 is 75.4. The number of esters is 1. The van der Waals surface area contributed by atoms with Crippen LogP contribution in [0.25, 0.3) is 0 Å². The molecule has 0 unspecified atom stereocenters. The molecule has 0 spiro atoms. The van der Waals surface area contributed by atoms with Gasteiger partial charge in [0.25, 0.3) is 0 Å². The molecule has 2 fully saturated rings. The lowest BCUT2D eigenvalue weighted by Gasteiger charge is -2.48. The van der Waals surface area contributed by atoms with Crippen molar-refractivity contribution in [2.45, 2.75) is 94.4 Å². The van der Waals surface area contributed by atoms with Crippen LogP contribution in [0.1, 0.15) is 33.4 Å². The first-order valence-corrected chi connectivity index (χ1v) is 23.9. The van der Waals surface area contributed by atoms with Gasteiger partial charge in [0, 0.05) is 6.08 Å². The van der Waals surface area contributed by atoms with Crippen molar-refractivity contribution in [3.05, 3.63) is 228 Å². The highest BCUT2D eigenvalue weighted by Crippen LogP contribution is 2.42. The molecule has 70 heavy (non-hydrogen) atoms. The van der Waals surface area contributed by atoms with Crippen molar-refractivity contribution in [2.75, 3.05) is 26.4 Å². The molecule has 364 valence electrons. The van der Waals surface area contributed by atoms with E-state index in [9.17, 15) is 4.79 Å². The Bertz CT molecular complexity index is 2470. The van der Waals surface area contributed by atoms with Crippen LogP contribution < -0.4 is 0 Å². The normalized spacial score (nSPS) is 26.4. The van der Waals surface area contributed by atoms with Crippen molar-refractivity contribution in [2.24, 2.45) is 0 Å². The lowest BCUT2D eigenvalue weighted by atomic mass is 9.97. The van der Waals surface area contributed by atoms with E-state index in [1.165, 1.54) is 6.08 Å². The van der Waals surface area contributed by atoms with E-state index < -0.39 is 60.8 Å². The van der Waals surface area contributed by atoms with Gasteiger partial charge in [-0.05, 0) is 33.4 Å². The third-order valence-corrected chi connectivity index (χ3v) is 12.3. The third kappa shape index (κ3) is 13.5. The first kappa shape index (κ1) is 49.1. The summed E-state index contributed by atoms with van der Waals surface area (Å²) in [7, 11) is 0. The molecule has 12 heteroatoms. The van der Waals surface area contributed by atoms with Gasteiger partial charge in [0.1, 0.15) is 55.9 Å². The van der Waals surface area contributed by atoms with Gasteiger partial charge in [0.05, 0.1) is 52.9 Å². The van der Waals surface area contributed by atoms with E-state index in [1.54, 1.807) is 6.08 Å². The van der Waals surface area contributed by atoms with Crippen LogP contribution in [0.3, 0.4) is 0 Å². The Morgan fingerprint density at radius 1 is 0.443 bits per heavy atom. The van der Waals surface area contributed by atoms with Crippen LogP contribution in [0.15, 0.2) is 194 Å². The average Bonchev–Trinajstić information content (AvgIpc) is 3.69. The highest BCUT2D eigenvalue weighted by Gasteiger charge is 2.62. The number of fused-ring (bicyclic) bond motifs is 4. The van der Waals surface area contributed by atoms with Gasteiger partial charge in [0.15, 0.2) is 6.29 Å². The number of cyclic esters (lactones) is 1. The van der Waals surface area contributed by atoms with Gasteiger partial charge >= 0.3 is 5.97 Å². The van der Waals surface area contributed by atoms with E-state index in [-0.39, 0.29) is 66.1 Å². The summed E-state index contributed by atoms with van der Waals surface area (Å²) in [5, 5.41) is 0. The SMILES string of the molecule is O=C1/C=C/COC[C@H]2O[C@H](O[C@]3(COCc4ccccc4)O[C@H](CO1)[C@@H](OCc1ccccc1)[C@@H]3OCc1ccccc1)[C@H](OCc1ccccc1)[C@@H](OCc1ccccc1)[C@@H]2OCc1ccccc1. The molecule has 0 amide bonds. The van der Waals surface area contributed by atoms with Gasteiger partial charge in [-0.15, -0.1) is 0 Å². The van der Waals surface area contributed by atoms with Crippen LogP contribution in [0.2, 0.25) is 0 Å². The lowest BCUT2D eigenvalue weighted by Crippen LogP contribution is -2.65. The fourth-order valence-electron chi connectivity index (χ4n) is 8.82. The molecule has 3 aliphatic rings. The summed E-state index contributed by atoms with van der Waals surface area (Å²) in [5.74, 6) is -2.35. The van der Waals surface area contributed by atoms with Crippen LogP contribution in [-0.2, 0) is 96.5 Å². The Hall–Kier alpha value is -5.87. The molecule has 3 aliphatic heterocycles. The van der Waals surface area contributed by atoms with E-state index in [1.807, 2.05) is 182 Å². The predicted octanol–water partition coefficient (Wildman–Crippen LogP) is 9.10. The zero-order valence-electron chi connectivity index (χ0n) is 39.1. The molecule has 0 aliphatic carbocycles. The van der Waals surface area contributed by atoms with Crippen molar-refractivity contribution >= 4 is 5.97 Å². The topological polar surface area (TPSA) is 119 Å². The molecule has 9 rings (SSSR count). The van der Waals surface area contributed by atoms with E-state index in [0.29, 0.717) is 0 Å². The molecular formula is C58H60O12. The second kappa shape index (κ2) is 25.3. The highest BCUT2D eigenvalue weighted by atomic mass is 16.8. The minimum absolute atomic E-state index is 0.0348. The molecule has 9 atom stereocenters. The van der Waals surface area contributed by atoms with Gasteiger partial charge in [-0.3, -0.25) is 0 Å². The van der Waals surface area contributed by atoms with Crippen molar-refractivity contribution in [1.29, 1.82) is 0 Å². The molecule has 0 radical (unpaired) electrons. The molecule has 0 saturated carbocycles. The standard InChI is InChI=1S/C58H60O12/c59-51-32-19-33-60-40-49-52(63-35-44-22-9-2-10-23-44)54(65-37-46-26-13-4-14-27-46)55(66-38-47-28-15-5-16-29-47)57(68-49)70-58(42-61-34-43-20-7-1-8-21-43)56(67-39-48-30-17-6-18-31-48)53(50(69-58)41-62-51)64-36-45-24-11-3-12-25-45/h1-32,49-50,52-57H,33-42H2/b32-19+/t49-,50-,52-,53-,54+,55-,56+,57-,58+/m1/s1. The molecule has 4 bridgehead atoms. The second-order valence-electron chi connectivity index (χ2n) is 17.4. The van der Waals surface area contributed by atoms with Crippen LogP contribution in [0.5, 0.6) is 0 Å². The zero-order chi connectivity index (χ0) is 47.6. The lowest BCUT2D eigenvalue weighted by molar-refractivity contribution is -0.398. The molecule has 12 nitrogen and oxygen atoms in total. The largest absolute Gasteiger partial charge is 0.460 e. The molecular weight excluding hydrogens is 889 g/mol. The van der Waals surface area contributed by atoms with Gasteiger partial charge in [-0.25, -0.2) is 4.79 Å². The van der Waals surface area contributed by atoms with Crippen molar-refractivity contribution < 1.29 is 56.9 Å². The number of ether oxygens (including phenoxy) is 11. The summed E-state index contributed by atoms with van der Waals surface area (Å²) in [6.45, 7) is 1.00. The summed E-state index contributed by atoms with van der Waals surface area (Å²) in [5.41, 5.74) is 5.62. The van der Waals surface area contributed by atoms with Gasteiger partial charge in [-0.1, -0.05) is 188 Å². The maximum Gasteiger partial charge on any atom is 0.330 e. The molecule has 6 aromatic carbocycles. The Balaban J connectivity index is 1.15. The van der Waals surface area contributed by atoms with Gasteiger partial charge in [-0.2, -0.15) is 0 Å². The van der Waals surface area contributed by atoms with E-state index in [0.717, 1.165) is 33.4 Å². The van der Waals surface area contributed by atoms with Crippen LogP contribution in [0, 0.1) is 0 Å². The number of hydrogen-bond acceptors (Lipinski definition) is 12. The molecule has 0 N–H and O–H groups in total. The molecule has 6 aromatic rings. The first-order valence-electron chi connectivity index (χ1n) is 23.9. The van der Waals surface area contributed by atoms with E-state index >= 15 is 0 Å². The number of rotatable bonds is 19. The Morgan fingerprint density at radius 3 is 1.37 bits per heavy atom. The third-order valence-electron chi connectivity index (χ3n) is 12.3. The molecule has 3 heterocycles. The summed E-state index contributed by atoms with van der Waals surface area (Å²) in [6, 6.07) is 59.3. The van der Waals surface area contributed by atoms with Gasteiger partial charge in [0.2, 0.25) is 5.79 Å². The quantitative estimate of drug-likeness (QED) is 0.0721. The summed E-state index contributed by atoms with van der Waals surface area (Å²) >= 11 is 0. The van der Waals surface area contributed by atoms with Crippen molar-refractivity contribution in [3.63, 3.8) is 0 Å². The number of carbonyl (C=O) groups excluding carboxylic acids is 1. The van der Waals surface area contributed by atoms with Crippen molar-refractivity contribution in [3.8, 4) is 0 Å². The van der Waals surface area contributed by atoms with E-state index in [2.05, 4.69) is 0 Å². The minimum Gasteiger partial charge on any atom is -0.460 e. The fourth-order valence-corrected chi connectivity index (χ4v) is 8.82. The van der Waals surface area contributed by atoms with Crippen molar-refractivity contribution in [1.82, 2.24) is 0 Å². The number of carbonyl (C=O) groups is 1. The summed E-state index contributed by atoms with van der Waals surface area (Å²) in [4.78, 5) is 13.4. The zero-order valence-corrected chi connectivity index (χ0v) is 39.1. The molecule has 2 saturated heterocycles. The Kier molecular flexibility index (Phi) is 17.8. The van der Waals surface area contributed by atoms with Crippen LogP contribution in [0.4, 0.5) is 0 Å². The second-order valence-corrected chi connectivity index (χ2v) is 17.4. The van der Waals surface area contributed by atoms with E-state index in [4.69, 9.17) is 52.1 Å². The fraction of sp³-hybridized carbons (Fsp3) is 0.328. The van der Waals surface area contributed by atoms with Crippen LogP contribution >= 0.6 is 0 Å². The average molecular weight is 949 g/mol. The highest BCUT2D eigenvalue weighted by molar-refractivity contribution is 5.81.